The van der Waals surface area contributed by atoms with E-state index in [0.717, 1.165) is 23.8 Å². The topological polar surface area (TPSA) is 33.0 Å². The maximum absolute atomic E-state index is 11.4. The zero-order chi connectivity index (χ0) is 9.42. The normalized spacial score (nSPS) is 14.8. The Bertz CT molecular complexity index is 341. The highest BCUT2D eigenvalue weighted by atomic mass is 32.1. The van der Waals surface area contributed by atoms with Crippen LogP contribution in [0.4, 0.5) is 0 Å². The Labute approximate surface area is 81.4 Å². The predicted molar refractivity (Wildman–Crippen MR) is 51.9 cm³/mol. The Morgan fingerprint density at radius 3 is 2.69 bits per heavy atom. The van der Waals surface area contributed by atoms with Crippen molar-refractivity contribution in [2.75, 3.05) is 13.1 Å². The first kappa shape index (κ1) is 8.69. The second-order valence-corrected chi connectivity index (χ2v) is 4.70. The van der Waals surface area contributed by atoms with E-state index in [1.54, 1.807) is 11.3 Å². The molecular formula is C9H12N2OS. The third-order valence-corrected chi connectivity index (χ3v) is 3.05. The summed E-state index contributed by atoms with van der Waals surface area (Å²) in [4.78, 5) is 18.8. The highest BCUT2D eigenvalue weighted by Gasteiger charge is 2.24. The van der Waals surface area contributed by atoms with Crippen LogP contribution in [0.2, 0.25) is 0 Å². The Morgan fingerprint density at radius 2 is 2.23 bits per heavy atom. The molecule has 0 aromatic carbocycles. The van der Waals surface area contributed by atoms with Crippen LogP contribution in [0.5, 0.6) is 0 Å². The van der Waals surface area contributed by atoms with E-state index in [9.17, 15) is 4.79 Å². The molecule has 0 bridgehead atoms. The van der Waals surface area contributed by atoms with E-state index in [-0.39, 0.29) is 5.91 Å². The molecule has 0 atom stereocenters. The van der Waals surface area contributed by atoms with Crippen molar-refractivity contribution in [2.24, 2.45) is 0 Å². The molecule has 0 radical (unpaired) electrons. The van der Waals surface area contributed by atoms with Gasteiger partial charge in [0.05, 0.1) is 17.1 Å². The Morgan fingerprint density at radius 1 is 1.54 bits per heavy atom. The monoisotopic (exact) mass is 196 g/mol. The summed E-state index contributed by atoms with van der Waals surface area (Å²) < 4.78 is 0. The number of hydrogen-bond donors (Lipinski definition) is 0. The van der Waals surface area contributed by atoms with Crippen molar-refractivity contribution >= 4 is 17.2 Å². The molecule has 1 aromatic rings. The number of carbonyl (C=O) groups excluding carboxylic acids is 1. The summed E-state index contributed by atoms with van der Waals surface area (Å²) in [5.74, 6) is 0.216. The molecule has 0 saturated carbocycles. The first-order valence-corrected chi connectivity index (χ1v) is 5.19. The fourth-order valence-electron chi connectivity index (χ4n) is 1.29. The molecule has 0 unspecified atom stereocenters. The van der Waals surface area contributed by atoms with Gasteiger partial charge in [-0.3, -0.25) is 4.79 Å². The maximum Gasteiger partial charge on any atom is 0.228 e. The SMILES string of the molecule is Cc1nc(CC(=O)N2CC2)c(C)s1. The van der Waals surface area contributed by atoms with Crippen molar-refractivity contribution < 1.29 is 4.79 Å². The summed E-state index contributed by atoms with van der Waals surface area (Å²) in [6.07, 6.45) is 0.482. The second-order valence-electron chi connectivity index (χ2n) is 3.29. The van der Waals surface area contributed by atoms with Crippen molar-refractivity contribution in [3.8, 4) is 0 Å². The van der Waals surface area contributed by atoms with Gasteiger partial charge in [0.15, 0.2) is 0 Å². The minimum Gasteiger partial charge on any atom is -0.339 e. The molecule has 4 heteroatoms. The maximum atomic E-state index is 11.4. The molecule has 0 N–H and O–H groups in total. The van der Waals surface area contributed by atoms with Crippen molar-refractivity contribution in [3.05, 3.63) is 15.6 Å². The molecule has 13 heavy (non-hydrogen) atoms. The van der Waals surface area contributed by atoms with Gasteiger partial charge in [-0.25, -0.2) is 4.98 Å². The van der Waals surface area contributed by atoms with E-state index in [2.05, 4.69) is 4.98 Å². The van der Waals surface area contributed by atoms with Crippen LogP contribution in [-0.2, 0) is 11.2 Å². The molecule has 3 nitrogen and oxygen atoms in total. The Balaban J connectivity index is 2.07. The van der Waals surface area contributed by atoms with Crippen LogP contribution < -0.4 is 0 Å². The van der Waals surface area contributed by atoms with Crippen LogP contribution in [0.15, 0.2) is 0 Å². The van der Waals surface area contributed by atoms with E-state index in [1.165, 1.54) is 4.88 Å². The molecular weight excluding hydrogens is 184 g/mol. The van der Waals surface area contributed by atoms with Crippen LogP contribution in [0.1, 0.15) is 15.6 Å². The number of hydrogen-bond acceptors (Lipinski definition) is 3. The molecule has 1 aliphatic rings. The molecule has 2 heterocycles. The third-order valence-electron chi connectivity index (χ3n) is 2.12. The summed E-state index contributed by atoms with van der Waals surface area (Å²) in [6, 6.07) is 0. The fraction of sp³-hybridized carbons (Fsp3) is 0.556. The number of amides is 1. The molecule has 0 spiro atoms. The summed E-state index contributed by atoms with van der Waals surface area (Å²) in [5.41, 5.74) is 0.958. The lowest BCUT2D eigenvalue weighted by molar-refractivity contribution is -0.125. The minimum absolute atomic E-state index is 0.216. The summed E-state index contributed by atoms with van der Waals surface area (Å²) >= 11 is 1.66. The predicted octanol–water partition coefficient (Wildman–Crippen LogP) is 1.14. The van der Waals surface area contributed by atoms with Gasteiger partial charge in [0.1, 0.15) is 0 Å². The number of rotatable bonds is 2. The molecule has 1 saturated heterocycles. The highest BCUT2D eigenvalue weighted by Crippen LogP contribution is 2.18. The summed E-state index contributed by atoms with van der Waals surface area (Å²) in [7, 11) is 0. The Hall–Kier alpha value is -0.900. The van der Waals surface area contributed by atoms with Crippen molar-refractivity contribution in [1.29, 1.82) is 0 Å². The number of carbonyl (C=O) groups is 1. The molecule has 1 aromatic heterocycles. The molecule has 2 rings (SSSR count). The fourth-order valence-corrected chi connectivity index (χ4v) is 2.13. The van der Waals surface area contributed by atoms with Gasteiger partial charge in [0, 0.05) is 18.0 Å². The lowest BCUT2D eigenvalue weighted by Gasteiger charge is -1.98. The average molecular weight is 196 g/mol. The van der Waals surface area contributed by atoms with Crippen LogP contribution >= 0.6 is 11.3 Å². The third kappa shape index (κ3) is 1.88. The van der Waals surface area contributed by atoms with Crippen molar-refractivity contribution in [1.82, 2.24) is 9.88 Å². The number of aryl methyl sites for hydroxylation is 2. The van der Waals surface area contributed by atoms with E-state index >= 15 is 0 Å². The lowest BCUT2D eigenvalue weighted by Crippen LogP contribution is -2.13. The smallest absolute Gasteiger partial charge is 0.228 e. The molecule has 1 aliphatic heterocycles. The zero-order valence-electron chi connectivity index (χ0n) is 7.83. The summed E-state index contributed by atoms with van der Waals surface area (Å²) in [5, 5.41) is 1.05. The van der Waals surface area contributed by atoms with Gasteiger partial charge in [-0.1, -0.05) is 0 Å². The standard InChI is InChI=1S/C9H12N2OS/c1-6-8(10-7(2)13-6)5-9(12)11-3-4-11/h3-5H2,1-2H3. The molecule has 0 aliphatic carbocycles. The molecule has 70 valence electrons. The van der Waals surface area contributed by atoms with Gasteiger partial charge in [0.25, 0.3) is 0 Å². The minimum atomic E-state index is 0.216. The van der Waals surface area contributed by atoms with Gasteiger partial charge in [-0.2, -0.15) is 0 Å². The lowest BCUT2D eigenvalue weighted by atomic mass is 10.3. The average Bonchev–Trinajstić information content (AvgIpc) is 2.81. The number of aromatic nitrogens is 1. The largest absolute Gasteiger partial charge is 0.339 e. The van der Waals surface area contributed by atoms with Crippen LogP contribution in [0.25, 0.3) is 0 Å². The van der Waals surface area contributed by atoms with E-state index < -0.39 is 0 Å². The summed E-state index contributed by atoms with van der Waals surface area (Å²) in [6.45, 7) is 5.86. The van der Waals surface area contributed by atoms with E-state index in [1.807, 2.05) is 18.7 Å². The second kappa shape index (κ2) is 3.10. The quantitative estimate of drug-likeness (QED) is 0.665. The van der Waals surface area contributed by atoms with Gasteiger partial charge in [-0.05, 0) is 13.8 Å². The number of thiazole rings is 1. The molecule has 1 fully saturated rings. The first-order valence-electron chi connectivity index (χ1n) is 4.37. The van der Waals surface area contributed by atoms with Crippen LogP contribution in [-0.4, -0.2) is 28.9 Å². The van der Waals surface area contributed by atoms with E-state index in [4.69, 9.17) is 0 Å². The van der Waals surface area contributed by atoms with Crippen molar-refractivity contribution in [3.63, 3.8) is 0 Å². The number of nitrogens with zero attached hydrogens (tertiary/aromatic N) is 2. The first-order chi connectivity index (χ1) is 6.16. The van der Waals surface area contributed by atoms with Gasteiger partial charge < -0.3 is 4.90 Å². The zero-order valence-corrected chi connectivity index (χ0v) is 8.65. The van der Waals surface area contributed by atoms with Gasteiger partial charge >= 0.3 is 0 Å². The Kier molecular flexibility index (Phi) is 2.07. The van der Waals surface area contributed by atoms with E-state index in [0.29, 0.717) is 6.42 Å². The highest BCUT2D eigenvalue weighted by molar-refractivity contribution is 7.11. The van der Waals surface area contributed by atoms with Crippen LogP contribution in [0, 0.1) is 13.8 Å². The molecule has 1 amide bonds. The van der Waals surface area contributed by atoms with Crippen molar-refractivity contribution in [2.45, 2.75) is 20.3 Å². The van der Waals surface area contributed by atoms with Gasteiger partial charge in [-0.15, -0.1) is 11.3 Å². The van der Waals surface area contributed by atoms with Gasteiger partial charge in [0.2, 0.25) is 5.91 Å². The van der Waals surface area contributed by atoms with Crippen LogP contribution in [0.3, 0.4) is 0 Å².